The quantitative estimate of drug-likeness (QED) is 0.869. The predicted octanol–water partition coefficient (Wildman–Crippen LogP) is 2.78. The summed E-state index contributed by atoms with van der Waals surface area (Å²) in [5.74, 6) is 0.495. The van der Waals surface area contributed by atoms with Crippen LogP contribution in [0.3, 0.4) is 0 Å². The van der Waals surface area contributed by atoms with Crippen LogP contribution in [-0.2, 0) is 0 Å². The lowest BCUT2D eigenvalue weighted by atomic mass is 9.89. The molecular formula is C14H20BrN3O. The largest absolute Gasteiger partial charge is 0.352 e. The summed E-state index contributed by atoms with van der Waals surface area (Å²) in [4.78, 5) is 12.7. The van der Waals surface area contributed by atoms with E-state index in [0.29, 0.717) is 22.0 Å². The maximum absolute atomic E-state index is 12.2. The van der Waals surface area contributed by atoms with Gasteiger partial charge in [0.15, 0.2) is 0 Å². The number of aryl methyl sites for hydroxylation is 2. The van der Waals surface area contributed by atoms with Crippen molar-refractivity contribution in [2.45, 2.75) is 44.4 Å². The first-order valence-electron chi connectivity index (χ1n) is 6.81. The van der Waals surface area contributed by atoms with E-state index in [0.717, 1.165) is 12.2 Å². The van der Waals surface area contributed by atoms with Crippen molar-refractivity contribution in [1.29, 1.82) is 0 Å². The van der Waals surface area contributed by atoms with Crippen molar-refractivity contribution in [3.63, 3.8) is 0 Å². The Balaban J connectivity index is 1.95. The zero-order chi connectivity index (χ0) is 13.8. The molecule has 2 unspecified atom stereocenters. The summed E-state index contributed by atoms with van der Waals surface area (Å²) in [6.45, 7) is 4.39. The van der Waals surface area contributed by atoms with Crippen molar-refractivity contribution < 1.29 is 4.79 Å². The maximum Gasteiger partial charge on any atom is 0.253 e. The third kappa shape index (κ3) is 3.75. The molecule has 0 radical (unpaired) electrons. The van der Waals surface area contributed by atoms with Gasteiger partial charge in [-0.1, -0.05) is 28.8 Å². The van der Waals surface area contributed by atoms with Crippen LogP contribution >= 0.6 is 15.9 Å². The minimum atomic E-state index is -0.0410. The molecule has 2 rings (SSSR count). The number of rotatable bonds is 3. The van der Waals surface area contributed by atoms with Crippen molar-refractivity contribution in [1.82, 2.24) is 15.5 Å². The minimum absolute atomic E-state index is 0.0410. The van der Waals surface area contributed by atoms with Crippen LogP contribution in [0, 0.1) is 19.8 Å². The molecule has 1 aliphatic carbocycles. The van der Waals surface area contributed by atoms with E-state index in [1.54, 1.807) is 6.07 Å². The second-order valence-corrected chi connectivity index (χ2v) is 6.43. The Bertz CT molecular complexity index is 464. The summed E-state index contributed by atoms with van der Waals surface area (Å²) in [7, 11) is 0. The van der Waals surface area contributed by atoms with E-state index in [9.17, 15) is 4.79 Å². The lowest BCUT2D eigenvalue weighted by molar-refractivity contribution is 0.0943. The molecular weight excluding hydrogens is 306 g/mol. The van der Waals surface area contributed by atoms with Gasteiger partial charge >= 0.3 is 0 Å². The molecule has 19 heavy (non-hydrogen) atoms. The molecule has 0 saturated heterocycles. The fraction of sp³-hybridized carbons (Fsp3) is 0.643. The van der Waals surface area contributed by atoms with Crippen molar-refractivity contribution in [2.75, 3.05) is 6.54 Å². The first kappa shape index (κ1) is 14.4. The third-order valence-corrected chi connectivity index (χ3v) is 4.89. The van der Waals surface area contributed by atoms with E-state index < -0.39 is 0 Å². The van der Waals surface area contributed by atoms with Gasteiger partial charge in [-0.25, -0.2) is 0 Å². The minimum Gasteiger partial charge on any atom is -0.352 e. The molecule has 1 aromatic rings. The number of carbonyl (C=O) groups excluding carboxylic acids is 1. The van der Waals surface area contributed by atoms with Crippen LogP contribution in [0.2, 0.25) is 0 Å². The highest BCUT2D eigenvalue weighted by Gasteiger charge is 2.23. The molecule has 104 valence electrons. The van der Waals surface area contributed by atoms with E-state index in [1.807, 2.05) is 13.8 Å². The van der Waals surface area contributed by atoms with Crippen molar-refractivity contribution in [3.8, 4) is 0 Å². The Morgan fingerprint density at radius 2 is 2.11 bits per heavy atom. The highest BCUT2D eigenvalue weighted by atomic mass is 79.9. The summed E-state index contributed by atoms with van der Waals surface area (Å²) < 4.78 is 0. The van der Waals surface area contributed by atoms with Gasteiger partial charge in [0.1, 0.15) is 0 Å². The zero-order valence-corrected chi connectivity index (χ0v) is 13.0. The molecule has 0 bridgehead atoms. The van der Waals surface area contributed by atoms with E-state index >= 15 is 0 Å². The van der Waals surface area contributed by atoms with Crippen molar-refractivity contribution in [3.05, 3.63) is 23.0 Å². The van der Waals surface area contributed by atoms with Crippen LogP contribution in [0.1, 0.15) is 47.4 Å². The van der Waals surface area contributed by atoms with Crippen LogP contribution < -0.4 is 5.32 Å². The first-order valence-corrected chi connectivity index (χ1v) is 7.72. The average Bonchev–Trinajstić information content (AvgIpc) is 2.40. The summed E-state index contributed by atoms with van der Waals surface area (Å²) >= 11 is 3.71. The Morgan fingerprint density at radius 3 is 2.84 bits per heavy atom. The molecule has 0 aromatic carbocycles. The monoisotopic (exact) mass is 325 g/mol. The Morgan fingerprint density at radius 1 is 1.37 bits per heavy atom. The molecule has 0 spiro atoms. The fourth-order valence-electron chi connectivity index (χ4n) is 2.49. The second-order valence-electron chi connectivity index (χ2n) is 5.26. The van der Waals surface area contributed by atoms with Gasteiger partial charge in [-0.2, -0.15) is 10.2 Å². The number of hydrogen-bond donors (Lipinski definition) is 1. The average molecular weight is 326 g/mol. The van der Waals surface area contributed by atoms with E-state index in [-0.39, 0.29) is 5.91 Å². The van der Waals surface area contributed by atoms with Crippen LogP contribution in [-0.4, -0.2) is 27.5 Å². The highest BCUT2D eigenvalue weighted by Crippen LogP contribution is 2.29. The number of halogens is 1. The van der Waals surface area contributed by atoms with Crippen molar-refractivity contribution >= 4 is 21.8 Å². The fourth-order valence-corrected chi connectivity index (χ4v) is 3.27. The molecule has 1 amide bonds. The molecule has 1 aliphatic rings. The number of carbonyl (C=O) groups is 1. The van der Waals surface area contributed by atoms with Crippen LogP contribution in [0.15, 0.2) is 6.07 Å². The standard InChI is InChI=1S/C14H20BrN3O/c1-9-7-12(10(2)18-17-9)14(19)16-8-11-5-3-4-6-13(11)15/h7,11,13H,3-6,8H2,1-2H3,(H,16,19). The lowest BCUT2D eigenvalue weighted by Crippen LogP contribution is -2.35. The Hall–Kier alpha value is -0.970. The maximum atomic E-state index is 12.2. The predicted molar refractivity (Wildman–Crippen MR) is 78.5 cm³/mol. The van der Waals surface area contributed by atoms with Crippen LogP contribution in [0.4, 0.5) is 0 Å². The highest BCUT2D eigenvalue weighted by molar-refractivity contribution is 9.09. The second kappa shape index (κ2) is 6.46. The molecule has 1 heterocycles. The van der Waals surface area contributed by atoms with E-state index in [2.05, 4.69) is 31.4 Å². The first-order chi connectivity index (χ1) is 9.08. The number of aromatic nitrogens is 2. The van der Waals surface area contributed by atoms with Gasteiger partial charge in [0.05, 0.1) is 17.0 Å². The molecule has 1 N–H and O–H groups in total. The smallest absolute Gasteiger partial charge is 0.253 e. The Labute approximate surface area is 122 Å². The summed E-state index contributed by atoms with van der Waals surface area (Å²) in [5.41, 5.74) is 2.09. The molecule has 5 heteroatoms. The number of amides is 1. The summed E-state index contributed by atoms with van der Waals surface area (Å²) in [5, 5.41) is 11.0. The van der Waals surface area contributed by atoms with Gasteiger partial charge in [0, 0.05) is 11.4 Å². The summed E-state index contributed by atoms with van der Waals surface area (Å²) in [6, 6.07) is 1.80. The van der Waals surface area contributed by atoms with Gasteiger partial charge in [-0.3, -0.25) is 4.79 Å². The number of nitrogens with zero attached hydrogens (tertiary/aromatic N) is 2. The van der Waals surface area contributed by atoms with Gasteiger partial charge in [0.25, 0.3) is 5.91 Å². The van der Waals surface area contributed by atoms with Crippen LogP contribution in [0.5, 0.6) is 0 Å². The number of nitrogens with one attached hydrogen (secondary N) is 1. The normalized spacial score (nSPS) is 23.1. The molecule has 2 atom stereocenters. The molecule has 4 nitrogen and oxygen atoms in total. The van der Waals surface area contributed by atoms with Gasteiger partial charge < -0.3 is 5.32 Å². The topological polar surface area (TPSA) is 54.9 Å². The van der Waals surface area contributed by atoms with Gasteiger partial charge in [-0.15, -0.1) is 0 Å². The third-order valence-electron chi connectivity index (χ3n) is 3.69. The molecule has 1 fully saturated rings. The SMILES string of the molecule is Cc1cc(C(=O)NCC2CCCCC2Br)c(C)nn1. The van der Waals surface area contributed by atoms with Gasteiger partial charge in [0.2, 0.25) is 0 Å². The number of hydrogen-bond acceptors (Lipinski definition) is 3. The Kier molecular flexibility index (Phi) is 4.91. The summed E-state index contributed by atoms with van der Waals surface area (Å²) in [6.07, 6.45) is 4.93. The van der Waals surface area contributed by atoms with E-state index in [1.165, 1.54) is 25.7 Å². The zero-order valence-electron chi connectivity index (χ0n) is 11.4. The van der Waals surface area contributed by atoms with Gasteiger partial charge in [-0.05, 0) is 38.7 Å². The lowest BCUT2D eigenvalue weighted by Gasteiger charge is -2.27. The number of alkyl halides is 1. The molecule has 1 saturated carbocycles. The van der Waals surface area contributed by atoms with E-state index in [4.69, 9.17) is 0 Å². The van der Waals surface area contributed by atoms with Crippen LogP contribution in [0.25, 0.3) is 0 Å². The van der Waals surface area contributed by atoms with Crippen molar-refractivity contribution in [2.24, 2.45) is 5.92 Å². The molecule has 1 aromatic heterocycles. The molecule has 0 aliphatic heterocycles.